The molecule has 1 aliphatic heterocycles. The Labute approximate surface area is 128 Å². The van der Waals surface area contributed by atoms with E-state index >= 15 is 0 Å². The first kappa shape index (κ1) is 19.4. The standard InChI is InChI=1S/C13H25NO8/c1-3-19-12(7(2)16)22-11-9(17)8(6-15)21-13(10(11)18)20-5-4-14/h7-9,11-13,15-17H,3-6,14H2,1-2H3/t7-,8+,9+,11-,12+,13-/m0/s1. The summed E-state index contributed by atoms with van der Waals surface area (Å²) in [4.78, 5) is 12.3. The van der Waals surface area contributed by atoms with E-state index in [0.29, 0.717) is 0 Å². The summed E-state index contributed by atoms with van der Waals surface area (Å²) in [7, 11) is 0. The van der Waals surface area contributed by atoms with Crippen LogP contribution in [0.3, 0.4) is 0 Å². The predicted molar refractivity (Wildman–Crippen MR) is 73.7 cm³/mol. The molecule has 0 spiro atoms. The summed E-state index contributed by atoms with van der Waals surface area (Å²) in [5.74, 6) is -0.656. The van der Waals surface area contributed by atoms with Crippen molar-refractivity contribution in [1.82, 2.24) is 0 Å². The first-order valence-corrected chi connectivity index (χ1v) is 7.21. The second kappa shape index (κ2) is 9.48. The van der Waals surface area contributed by atoms with Gasteiger partial charge in [-0.3, -0.25) is 4.79 Å². The number of carbonyl (C=O) groups is 1. The lowest BCUT2D eigenvalue weighted by Gasteiger charge is -2.38. The Morgan fingerprint density at radius 3 is 2.64 bits per heavy atom. The number of carbonyl (C=O) groups excluding carboxylic acids is 1. The van der Waals surface area contributed by atoms with Crippen LogP contribution in [0.1, 0.15) is 13.8 Å². The van der Waals surface area contributed by atoms with Crippen LogP contribution in [-0.4, -0.2) is 84.5 Å². The van der Waals surface area contributed by atoms with Crippen molar-refractivity contribution >= 4 is 5.78 Å². The molecule has 9 nitrogen and oxygen atoms in total. The molecule has 0 radical (unpaired) electrons. The van der Waals surface area contributed by atoms with Gasteiger partial charge in [0.15, 0.2) is 12.4 Å². The molecule has 0 aliphatic carbocycles. The quantitative estimate of drug-likeness (QED) is 0.346. The van der Waals surface area contributed by atoms with Crippen LogP contribution in [0, 0.1) is 0 Å². The first-order valence-electron chi connectivity index (χ1n) is 7.21. The maximum Gasteiger partial charge on any atom is 0.221 e. The van der Waals surface area contributed by atoms with Crippen molar-refractivity contribution in [3.05, 3.63) is 0 Å². The van der Waals surface area contributed by atoms with Crippen molar-refractivity contribution in [3.63, 3.8) is 0 Å². The number of Topliss-reactive ketones (excluding diaryl/α,β-unsaturated/α-hetero) is 1. The van der Waals surface area contributed by atoms with Crippen LogP contribution in [0.5, 0.6) is 0 Å². The zero-order chi connectivity index (χ0) is 16.7. The molecule has 1 rings (SSSR count). The SMILES string of the molecule is CCO[C@H](O[C@@H]1C(=O)[C@@H](OCCN)O[C@H](CO)[C@H]1O)[C@H](C)O. The molecule has 0 unspecified atom stereocenters. The van der Waals surface area contributed by atoms with Crippen LogP contribution in [0.25, 0.3) is 0 Å². The summed E-state index contributed by atoms with van der Waals surface area (Å²) in [6.45, 7) is 3.11. The van der Waals surface area contributed by atoms with Gasteiger partial charge in [-0.15, -0.1) is 0 Å². The fourth-order valence-corrected chi connectivity index (χ4v) is 2.00. The molecule has 1 saturated heterocycles. The monoisotopic (exact) mass is 323 g/mol. The van der Waals surface area contributed by atoms with Crippen LogP contribution in [0.15, 0.2) is 0 Å². The van der Waals surface area contributed by atoms with E-state index in [0.717, 1.165) is 0 Å². The van der Waals surface area contributed by atoms with Gasteiger partial charge in [0.2, 0.25) is 12.1 Å². The molecule has 0 amide bonds. The molecule has 0 aromatic heterocycles. The highest BCUT2D eigenvalue weighted by Gasteiger charge is 2.46. The molecule has 0 bridgehead atoms. The van der Waals surface area contributed by atoms with Crippen LogP contribution < -0.4 is 5.73 Å². The zero-order valence-corrected chi connectivity index (χ0v) is 12.8. The molecule has 1 aliphatic rings. The molecule has 130 valence electrons. The third-order valence-corrected chi connectivity index (χ3v) is 3.07. The highest BCUT2D eigenvalue weighted by molar-refractivity contribution is 5.87. The lowest BCUT2D eigenvalue weighted by Crippen LogP contribution is -2.59. The third-order valence-electron chi connectivity index (χ3n) is 3.07. The molecule has 0 saturated carbocycles. The van der Waals surface area contributed by atoms with E-state index in [4.69, 9.17) is 24.7 Å². The summed E-state index contributed by atoms with van der Waals surface area (Å²) < 4.78 is 20.9. The van der Waals surface area contributed by atoms with Crippen molar-refractivity contribution in [2.24, 2.45) is 5.73 Å². The molecule has 1 fully saturated rings. The second-order valence-corrected chi connectivity index (χ2v) is 4.86. The summed E-state index contributed by atoms with van der Waals surface area (Å²) in [6, 6.07) is 0. The lowest BCUT2D eigenvalue weighted by molar-refractivity contribution is -0.275. The van der Waals surface area contributed by atoms with E-state index in [1.54, 1.807) is 6.92 Å². The van der Waals surface area contributed by atoms with Gasteiger partial charge in [-0.05, 0) is 13.8 Å². The van der Waals surface area contributed by atoms with Crippen LogP contribution in [0.4, 0.5) is 0 Å². The fourth-order valence-electron chi connectivity index (χ4n) is 2.00. The fraction of sp³-hybridized carbons (Fsp3) is 0.923. The minimum atomic E-state index is -1.41. The van der Waals surface area contributed by atoms with E-state index in [1.165, 1.54) is 6.92 Å². The predicted octanol–water partition coefficient (Wildman–Crippen LogP) is -2.26. The largest absolute Gasteiger partial charge is 0.394 e. The minimum Gasteiger partial charge on any atom is -0.394 e. The van der Waals surface area contributed by atoms with Gasteiger partial charge in [0.25, 0.3) is 0 Å². The number of rotatable bonds is 9. The number of hydrogen-bond acceptors (Lipinski definition) is 9. The average molecular weight is 323 g/mol. The van der Waals surface area contributed by atoms with E-state index < -0.39 is 49.4 Å². The number of ketones is 1. The Morgan fingerprint density at radius 1 is 1.45 bits per heavy atom. The molecule has 5 N–H and O–H groups in total. The number of aliphatic hydroxyl groups is 3. The van der Waals surface area contributed by atoms with Crippen molar-refractivity contribution in [3.8, 4) is 0 Å². The summed E-state index contributed by atoms with van der Waals surface area (Å²) >= 11 is 0. The Kier molecular flexibility index (Phi) is 8.36. The van der Waals surface area contributed by atoms with Gasteiger partial charge in [-0.1, -0.05) is 0 Å². The summed E-state index contributed by atoms with van der Waals surface area (Å²) in [5.41, 5.74) is 5.31. The summed E-state index contributed by atoms with van der Waals surface area (Å²) in [5, 5.41) is 28.9. The Morgan fingerprint density at radius 2 is 2.14 bits per heavy atom. The van der Waals surface area contributed by atoms with Crippen LogP contribution in [-0.2, 0) is 23.7 Å². The molecular formula is C13H25NO8. The Bertz CT molecular complexity index is 340. The highest BCUT2D eigenvalue weighted by atomic mass is 16.7. The highest BCUT2D eigenvalue weighted by Crippen LogP contribution is 2.23. The van der Waals surface area contributed by atoms with E-state index in [-0.39, 0.29) is 19.8 Å². The topological polar surface area (TPSA) is 141 Å². The van der Waals surface area contributed by atoms with Gasteiger partial charge in [-0.25, -0.2) is 0 Å². The minimum absolute atomic E-state index is 0.0721. The second-order valence-electron chi connectivity index (χ2n) is 4.86. The molecule has 0 aromatic carbocycles. The molecule has 6 atom stereocenters. The Hall–Kier alpha value is -0.650. The Balaban J connectivity index is 2.84. The summed E-state index contributed by atoms with van der Waals surface area (Å²) in [6.07, 6.45) is -7.22. The zero-order valence-electron chi connectivity index (χ0n) is 12.8. The number of ether oxygens (including phenoxy) is 4. The van der Waals surface area contributed by atoms with Gasteiger partial charge < -0.3 is 40.0 Å². The van der Waals surface area contributed by atoms with Gasteiger partial charge in [0.05, 0.1) is 13.2 Å². The van der Waals surface area contributed by atoms with Crippen molar-refractivity contribution in [2.45, 2.75) is 50.8 Å². The number of hydrogen-bond donors (Lipinski definition) is 4. The maximum atomic E-state index is 12.3. The van der Waals surface area contributed by atoms with Gasteiger partial charge in [-0.2, -0.15) is 0 Å². The molecule has 9 heteroatoms. The number of aliphatic hydroxyl groups excluding tert-OH is 3. The average Bonchev–Trinajstić information content (AvgIpc) is 2.49. The van der Waals surface area contributed by atoms with E-state index in [9.17, 15) is 20.1 Å². The van der Waals surface area contributed by atoms with Crippen molar-refractivity contribution < 1.29 is 39.1 Å². The van der Waals surface area contributed by atoms with Crippen molar-refractivity contribution in [2.75, 3.05) is 26.4 Å². The van der Waals surface area contributed by atoms with Gasteiger partial charge in [0, 0.05) is 13.2 Å². The lowest BCUT2D eigenvalue weighted by atomic mass is 10.0. The smallest absolute Gasteiger partial charge is 0.221 e. The molecule has 22 heavy (non-hydrogen) atoms. The van der Waals surface area contributed by atoms with Crippen LogP contribution >= 0.6 is 0 Å². The molecule has 0 aromatic rings. The van der Waals surface area contributed by atoms with Gasteiger partial charge in [0.1, 0.15) is 18.3 Å². The maximum absolute atomic E-state index is 12.3. The number of nitrogens with two attached hydrogens (primary N) is 1. The molecule has 1 heterocycles. The first-order chi connectivity index (χ1) is 10.5. The van der Waals surface area contributed by atoms with E-state index in [1.807, 2.05) is 0 Å². The van der Waals surface area contributed by atoms with Crippen LogP contribution in [0.2, 0.25) is 0 Å². The third kappa shape index (κ3) is 4.93. The van der Waals surface area contributed by atoms with Gasteiger partial charge >= 0.3 is 0 Å². The van der Waals surface area contributed by atoms with Crippen molar-refractivity contribution in [1.29, 1.82) is 0 Å². The normalized spacial score (nSPS) is 32.0. The van der Waals surface area contributed by atoms with E-state index in [2.05, 4.69) is 0 Å². The molecular weight excluding hydrogens is 298 g/mol.